The Balaban J connectivity index is 1.89. The first-order valence-electron chi connectivity index (χ1n) is 8.38. The Morgan fingerprint density at radius 2 is 2.12 bits per heavy atom. The van der Waals surface area contributed by atoms with E-state index >= 15 is 0 Å². The van der Waals surface area contributed by atoms with Crippen LogP contribution in [-0.2, 0) is 11.3 Å². The third-order valence-electron chi connectivity index (χ3n) is 4.53. The van der Waals surface area contributed by atoms with Crippen molar-refractivity contribution in [2.24, 2.45) is 0 Å². The van der Waals surface area contributed by atoms with Gasteiger partial charge in [0.2, 0.25) is 5.91 Å². The van der Waals surface area contributed by atoms with Gasteiger partial charge in [-0.05, 0) is 43.9 Å². The zero-order valence-corrected chi connectivity index (χ0v) is 15.3. The second-order valence-corrected chi connectivity index (χ2v) is 7.80. The first-order chi connectivity index (χ1) is 11.7. The SMILES string of the molecule is CC(C)c1nn(CC(=O)N[C@H]2C[C@@](C)(O)C2)c(=O)c2ccc(Cl)cc12. The molecule has 0 saturated heterocycles. The number of hydrogen-bond acceptors (Lipinski definition) is 4. The number of fused-ring (bicyclic) bond motifs is 1. The maximum Gasteiger partial charge on any atom is 0.275 e. The number of rotatable bonds is 4. The molecule has 0 atom stereocenters. The van der Waals surface area contributed by atoms with Crippen LogP contribution in [0.25, 0.3) is 10.8 Å². The Labute approximate surface area is 150 Å². The summed E-state index contributed by atoms with van der Waals surface area (Å²) in [4.78, 5) is 24.9. The maximum atomic E-state index is 12.7. The molecule has 1 amide bonds. The molecule has 1 aromatic heterocycles. The molecule has 1 saturated carbocycles. The predicted molar refractivity (Wildman–Crippen MR) is 96.9 cm³/mol. The summed E-state index contributed by atoms with van der Waals surface area (Å²) in [5.41, 5.74) is -0.289. The Morgan fingerprint density at radius 1 is 1.44 bits per heavy atom. The molecule has 0 aliphatic heterocycles. The fourth-order valence-electron chi connectivity index (χ4n) is 3.33. The highest BCUT2D eigenvalue weighted by atomic mass is 35.5. The number of hydrogen-bond donors (Lipinski definition) is 2. The van der Waals surface area contributed by atoms with E-state index in [1.54, 1.807) is 25.1 Å². The molecule has 0 bridgehead atoms. The molecule has 1 aliphatic rings. The lowest BCUT2D eigenvalue weighted by molar-refractivity contribution is -0.125. The van der Waals surface area contributed by atoms with E-state index in [9.17, 15) is 14.7 Å². The summed E-state index contributed by atoms with van der Waals surface area (Å²) in [6.07, 6.45) is 1.04. The molecule has 2 N–H and O–H groups in total. The molecule has 0 radical (unpaired) electrons. The molecular weight excluding hydrogens is 342 g/mol. The minimum absolute atomic E-state index is 0.0537. The molecule has 6 nitrogen and oxygen atoms in total. The summed E-state index contributed by atoms with van der Waals surface area (Å²) in [7, 11) is 0. The van der Waals surface area contributed by atoms with Crippen molar-refractivity contribution >= 4 is 28.3 Å². The predicted octanol–water partition coefficient (Wildman–Crippen LogP) is 2.20. The van der Waals surface area contributed by atoms with Gasteiger partial charge < -0.3 is 10.4 Å². The molecule has 2 aromatic rings. The smallest absolute Gasteiger partial charge is 0.275 e. The van der Waals surface area contributed by atoms with Gasteiger partial charge in [0.1, 0.15) is 6.54 Å². The van der Waals surface area contributed by atoms with Crippen molar-refractivity contribution < 1.29 is 9.90 Å². The quantitative estimate of drug-likeness (QED) is 0.872. The van der Waals surface area contributed by atoms with E-state index in [0.717, 1.165) is 11.1 Å². The molecule has 0 unspecified atom stereocenters. The maximum absolute atomic E-state index is 12.7. The van der Waals surface area contributed by atoms with Crippen LogP contribution in [0.5, 0.6) is 0 Å². The molecule has 3 rings (SSSR count). The van der Waals surface area contributed by atoms with Gasteiger partial charge in [-0.2, -0.15) is 5.10 Å². The number of nitrogens with one attached hydrogen (secondary N) is 1. The van der Waals surface area contributed by atoms with Crippen molar-refractivity contribution in [2.45, 2.75) is 57.7 Å². The van der Waals surface area contributed by atoms with E-state index in [1.807, 2.05) is 13.8 Å². The van der Waals surface area contributed by atoms with Gasteiger partial charge >= 0.3 is 0 Å². The normalized spacial score (nSPS) is 22.9. The molecule has 0 spiro atoms. The number of aliphatic hydroxyl groups is 1. The Morgan fingerprint density at radius 3 is 2.72 bits per heavy atom. The largest absolute Gasteiger partial charge is 0.390 e. The number of halogens is 1. The standard InChI is InChI=1S/C18H22ClN3O3/c1-10(2)16-14-6-11(19)4-5-13(14)17(24)22(21-16)9-15(23)20-12-7-18(3,25)8-12/h4-6,10,12,25H,7-9H2,1-3H3,(H,20,23)/t12-,18+. The van der Waals surface area contributed by atoms with Crippen LogP contribution in [0.4, 0.5) is 0 Å². The lowest BCUT2D eigenvalue weighted by Gasteiger charge is -2.41. The molecule has 25 heavy (non-hydrogen) atoms. The number of carbonyl (C=O) groups excluding carboxylic acids is 1. The second kappa shape index (κ2) is 6.42. The van der Waals surface area contributed by atoms with Gasteiger partial charge in [-0.3, -0.25) is 9.59 Å². The van der Waals surface area contributed by atoms with E-state index in [0.29, 0.717) is 23.3 Å². The first kappa shape index (κ1) is 17.9. The van der Waals surface area contributed by atoms with Crippen molar-refractivity contribution in [3.05, 3.63) is 39.3 Å². The van der Waals surface area contributed by atoms with Crippen LogP contribution in [0, 0.1) is 0 Å². The molecule has 134 valence electrons. The lowest BCUT2D eigenvalue weighted by Crippen LogP contribution is -2.54. The third kappa shape index (κ3) is 3.70. The van der Waals surface area contributed by atoms with E-state index < -0.39 is 5.60 Å². The number of benzene rings is 1. The number of amides is 1. The Kier molecular flexibility index (Phi) is 4.60. The molecule has 1 fully saturated rings. The first-order valence-corrected chi connectivity index (χ1v) is 8.76. The van der Waals surface area contributed by atoms with E-state index in [1.165, 1.54) is 4.68 Å². The molecule has 1 heterocycles. The Hall–Kier alpha value is -1.92. The molecule has 1 aromatic carbocycles. The summed E-state index contributed by atoms with van der Waals surface area (Å²) < 4.78 is 1.21. The summed E-state index contributed by atoms with van der Waals surface area (Å²) in [5, 5.41) is 18.7. The van der Waals surface area contributed by atoms with Gasteiger partial charge in [0.05, 0.1) is 16.7 Å². The highest BCUT2D eigenvalue weighted by Gasteiger charge is 2.39. The average molecular weight is 364 g/mol. The third-order valence-corrected chi connectivity index (χ3v) is 4.76. The monoisotopic (exact) mass is 363 g/mol. The lowest BCUT2D eigenvalue weighted by atomic mass is 9.77. The Bertz CT molecular complexity index is 881. The van der Waals surface area contributed by atoms with Crippen molar-refractivity contribution in [1.82, 2.24) is 15.1 Å². The summed E-state index contributed by atoms with van der Waals surface area (Å²) >= 11 is 6.05. The molecule has 7 heteroatoms. The fraction of sp³-hybridized carbons (Fsp3) is 0.500. The minimum atomic E-state index is -0.708. The summed E-state index contributed by atoms with van der Waals surface area (Å²) in [6.45, 7) is 5.56. The summed E-state index contributed by atoms with van der Waals surface area (Å²) in [6, 6.07) is 5.02. The van der Waals surface area contributed by atoms with Gasteiger partial charge in [0.25, 0.3) is 5.56 Å². The highest BCUT2D eigenvalue weighted by molar-refractivity contribution is 6.31. The van der Waals surface area contributed by atoms with Crippen LogP contribution in [-0.4, -0.2) is 32.4 Å². The average Bonchev–Trinajstić information content (AvgIpc) is 2.47. The van der Waals surface area contributed by atoms with Crippen molar-refractivity contribution in [2.75, 3.05) is 0 Å². The van der Waals surface area contributed by atoms with Crippen molar-refractivity contribution in [1.29, 1.82) is 0 Å². The topological polar surface area (TPSA) is 84.2 Å². The van der Waals surface area contributed by atoms with Crippen LogP contribution < -0.4 is 10.9 Å². The van der Waals surface area contributed by atoms with Gasteiger partial charge in [-0.25, -0.2) is 4.68 Å². The van der Waals surface area contributed by atoms with Crippen LogP contribution in [0.2, 0.25) is 5.02 Å². The van der Waals surface area contributed by atoms with Gasteiger partial charge in [-0.1, -0.05) is 25.4 Å². The highest BCUT2D eigenvalue weighted by Crippen LogP contribution is 2.31. The van der Waals surface area contributed by atoms with E-state index in [4.69, 9.17) is 11.6 Å². The zero-order valence-electron chi connectivity index (χ0n) is 14.5. The van der Waals surface area contributed by atoms with E-state index in [-0.39, 0.29) is 30.0 Å². The second-order valence-electron chi connectivity index (χ2n) is 7.36. The number of carbonyl (C=O) groups is 1. The summed E-state index contributed by atoms with van der Waals surface area (Å²) in [5.74, 6) is -0.198. The van der Waals surface area contributed by atoms with Crippen molar-refractivity contribution in [3.8, 4) is 0 Å². The van der Waals surface area contributed by atoms with Crippen LogP contribution in [0.15, 0.2) is 23.0 Å². The van der Waals surface area contributed by atoms with Gasteiger partial charge in [0.15, 0.2) is 0 Å². The number of aromatic nitrogens is 2. The van der Waals surface area contributed by atoms with Crippen LogP contribution in [0.1, 0.15) is 45.2 Å². The van der Waals surface area contributed by atoms with Crippen molar-refractivity contribution in [3.63, 3.8) is 0 Å². The van der Waals surface area contributed by atoms with Gasteiger partial charge in [-0.15, -0.1) is 0 Å². The van der Waals surface area contributed by atoms with Crippen LogP contribution in [0.3, 0.4) is 0 Å². The number of nitrogens with zero attached hydrogens (tertiary/aromatic N) is 2. The molecular formula is C18H22ClN3O3. The van der Waals surface area contributed by atoms with Gasteiger partial charge in [0, 0.05) is 16.5 Å². The fourth-order valence-corrected chi connectivity index (χ4v) is 3.50. The van der Waals surface area contributed by atoms with Crippen LogP contribution >= 0.6 is 11.6 Å². The zero-order chi connectivity index (χ0) is 18.4. The molecule has 1 aliphatic carbocycles. The minimum Gasteiger partial charge on any atom is -0.390 e. The van der Waals surface area contributed by atoms with E-state index in [2.05, 4.69) is 10.4 Å².